The molecule has 0 heterocycles. The minimum atomic E-state index is -4.24. The van der Waals surface area contributed by atoms with Gasteiger partial charge < -0.3 is 14.9 Å². The molecule has 0 aromatic heterocycles. The van der Waals surface area contributed by atoms with E-state index in [9.17, 15) is 4.57 Å². The molecule has 0 fully saturated rings. The highest BCUT2D eigenvalue weighted by Gasteiger charge is 2.24. The largest absolute Gasteiger partial charge is 0.380 e. The highest BCUT2D eigenvalue weighted by Crippen LogP contribution is 2.41. The Morgan fingerprint density at radius 2 is 1.91 bits per heavy atom. The zero-order chi connectivity index (χ0) is 8.91. The van der Waals surface area contributed by atoms with Crippen LogP contribution in [0.5, 0.6) is 0 Å². The molecule has 11 heavy (non-hydrogen) atoms. The molecule has 68 valence electrons. The van der Waals surface area contributed by atoms with Crippen LogP contribution in [0.25, 0.3) is 0 Å². The average molecular weight is 182 g/mol. The van der Waals surface area contributed by atoms with Crippen molar-refractivity contribution in [2.45, 2.75) is 38.5 Å². The van der Waals surface area contributed by atoms with Gasteiger partial charge >= 0.3 is 7.60 Å². The molecule has 4 nitrogen and oxygen atoms in total. The number of rotatable bonds is 5. The highest BCUT2D eigenvalue weighted by molar-refractivity contribution is 7.52. The van der Waals surface area contributed by atoms with Crippen molar-refractivity contribution in [3.8, 4) is 0 Å². The van der Waals surface area contributed by atoms with Crippen LogP contribution in [0.15, 0.2) is 0 Å². The van der Waals surface area contributed by atoms with Crippen molar-refractivity contribution in [3.05, 3.63) is 0 Å². The molecule has 1 atom stereocenters. The first-order chi connectivity index (χ1) is 4.98. The summed E-state index contributed by atoms with van der Waals surface area (Å²) < 4.78 is 10.4. The van der Waals surface area contributed by atoms with Crippen LogP contribution in [0.3, 0.4) is 0 Å². The van der Waals surface area contributed by atoms with Crippen LogP contribution in [0.4, 0.5) is 0 Å². The normalized spacial score (nSPS) is 14.9. The van der Waals surface area contributed by atoms with Crippen LogP contribution in [-0.2, 0) is 4.57 Å². The SMILES string of the molecule is CCCCC[C@@H](O)P(=O)(O)O. The van der Waals surface area contributed by atoms with Gasteiger partial charge in [-0.3, -0.25) is 4.57 Å². The molecule has 5 heteroatoms. The molecule has 0 radical (unpaired) electrons. The molecule has 0 unspecified atom stereocenters. The first kappa shape index (κ1) is 11.1. The van der Waals surface area contributed by atoms with E-state index in [1.54, 1.807) is 0 Å². The fourth-order valence-corrected chi connectivity index (χ4v) is 1.26. The monoisotopic (exact) mass is 182 g/mol. The number of hydrogen-bond donors (Lipinski definition) is 3. The molecule has 0 spiro atoms. The Labute approximate surface area is 66.4 Å². The number of aliphatic hydroxyl groups excluding tert-OH is 1. The van der Waals surface area contributed by atoms with Crippen molar-refractivity contribution in [1.29, 1.82) is 0 Å². The molecule has 0 bridgehead atoms. The maximum atomic E-state index is 10.4. The molecule has 0 saturated carbocycles. The Hall–Kier alpha value is 0.110. The third kappa shape index (κ3) is 5.39. The lowest BCUT2D eigenvalue weighted by atomic mass is 10.2. The van der Waals surface area contributed by atoms with Gasteiger partial charge in [-0.25, -0.2) is 0 Å². The predicted octanol–water partition coefficient (Wildman–Crippen LogP) is 1.06. The van der Waals surface area contributed by atoms with Crippen molar-refractivity contribution in [1.82, 2.24) is 0 Å². The molecule has 0 rings (SSSR count). The zero-order valence-corrected chi connectivity index (χ0v) is 7.50. The Bertz CT molecular complexity index is 142. The minimum absolute atomic E-state index is 0.193. The zero-order valence-electron chi connectivity index (χ0n) is 6.60. The fraction of sp³-hybridized carbons (Fsp3) is 1.00. The van der Waals surface area contributed by atoms with Gasteiger partial charge in [-0.2, -0.15) is 0 Å². The van der Waals surface area contributed by atoms with E-state index >= 15 is 0 Å². The van der Waals surface area contributed by atoms with Gasteiger partial charge in [-0.15, -0.1) is 0 Å². The van der Waals surface area contributed by atoms with Crippen molar-refractivity contribution in [2.24, 2.45) is 0 Å². The Morgan fingerprint density at radius 1 is 1.36 bits per heavy atom. The van der Waals surface area contributed by atoms with Gasteiger partial charge in [-0.1, -0.05) is 26.2 Å². The van der Waals surface area contributed by atoms with Crippen LogP contribution in [-0.4, -0.2) is 20.7 Å². The standard InChI is InChI=1S/C6H15O4P/c1-2-3-4-5-6(7)11(8,9)10/h6-7H,2-5H2,1H3,(H2,8,9,10)/t6-/m0/s1. The second-order valence-corrected chi connectivity index (χ2v) is 4.34. The fourth-order valence-electron chi connectivity index (χ4n) is 0.745. The van der Waals surface area contributed by atoms with Crippen molar-refractivity contribution >= 4 is 7.60 Å². The van der Waals surface area contributed by atoms with Gasteiger partial charge in [-0.05, 0) is 6.42 Å². The summed E-state index contributed by atoms with van der Waals surface area (Å²) in [6.45, 7) is 1.99. The molecule has 0 saturated heterocycles. The highest BCUT2D eigenvalue weighted by atomic mass is 31.2. The summed E-state index contributed by atoms with van der Waals surface area (Å²) in [5.74, 6) is -1.46. The summed E-state index contributed by atoms with van der Waals surface area (Å²) in [5.41, 5.74) is 0. The second kappa shape index (κ2) is 4.88. The molecule has 0 aromatic rings. The molecule has 0 aromatic carbocycles. The summed E-state index contributed by atoms with van der Waals surface area (Å²) in [4.78, 5) is 16.9. The second-order valence-electron chi connectivity index (χ2n) is 2.57. The predicted molar refractivity (Wildman–Crippen MR) is 42.2 cm³/mol. The van der Waals surface area contributed by atoms with E-state index in [0.29, 0.717) is 6.42 Å². The van der Waals surface area contributed by atoms with Crippen LogP contribution in [0.2, 0.25) is 0 Å². The molecule has 0 amide bonds. The lowest BCUT2D eigenvalue weighted by molar-refractivity contribution is 0.190. The summed E-state index contributed by atoms with van der Waals surface area (Å²) in [6.07, 6.45) is 2.74. The average Bonchev–Trinajstić information content (AvgIpc) is 1.86. The smallest absolute Gasteiger partial charge is 0.353 e. The third-order valence-electron chi connectivity index (χ3n) is 1.45. The Morgan fingerprint density at radius 3 is 2.27 bits per heavy atom. The van der Waals surface area contributed by atoms with Crippen LogP contribution in [0, 0.1) is 0 Å². The van der Waals surface area contributed by atoms with Gasteiger partial charge in [0.25, 0.3) is 0 Å². The first-order valence-electron chi connectivity index (χ1n) is 3.71. The molecule has 3 N–H and O–H groups in total. The van der Waals surface area contributed by atoms with E-state index in [1.807, 2.05) is 6.92 Å². The van der Waals surface area contributed by atoms with Crippen molar-refractivity contribution < 1.29 is 19.5 Å². The third-order valence-corrected chi connectivity index (χ3v) is 2.49. The van der Waals surface area contributed by atoms with Crippen molar-refractivity contribution in [2.75, 3.05) is 0 Å². The van der Waals surface area contributed by atoms with Crippen molar-refractivity contribution in [3.63, 3.8) is 0 Å². The van der Waals surface area contributed by atoms with Crippen LogP contribution < -0.4 is 0 Å². The van der Waals surface area contributed by atoms with Gasteiger partial charge in [0.1, 0.15) is 0 Å². The first-order valence-corrected chi connectivity index (χ1v) is 5.40. The number of aliphatic hydroxyl groups is 1. The van der Waals surface area contributed by atoms with E-state index in [0.717, 1.165) is 12.8 Å². The minimum Gasteiger partial charge on any atom is -0.380 e. The van der Waals surface area contributed by atoms with E-state index in [-0.39, 0.29) is 6.42 Å². The summed E-state index contributed by atoms with van der Waals surface area (Å²) in [7, 11) is -4.24. The van der Waals surface area contributed by atoms with Gasteiger partial charge in [0.2, 0.25) is 0 Å². The molecular formula is C6H15O4P. The van der Waals surface area contributed by atoms with E-state index < -0.39 is 13.4 Å². The maximum Gasteiger partial charge on any atom is 0.353 e. The lowest BCUT2D eigenvalue weighted by Crippen LogP contribution is -2.06. The number of hydrogen-bond acceptors (Lipinski definition) is 2. The lowest BCUT2D eigenvalue weighted by Gasteiger charge is -2.10. The Balaban J connectivity index is 3.53. The number of unbranched alkanes of at least 4 members (excludes halogenated alkanes) is 2. The topological polar surface area (TPSA) is 77.8 Å². The molecule has 0 aliphatic heterocycles. The summed E-state index contributed by atoms with van der Waals surface area (Å²) >= 11 is 0. The quantitative estimate of drug-likeness (QED) is 0.439. The maximum absolute atomic E-state index is 10.4. The van der Waals surface area contributed by atoms with E-state index in [2.05, 4.69) is 0 Å². The van der Waals surface area contributed by atoms with Crippen LogP contribution >= 0.6 is 7.60 Å². The van der Waals surface area contributed by atoms with Gasteiger partial charge in [0, 0.05) is 0 Å². The van der Waals surface area contributed by atoms with Gasteiger partial charge in [0.15, 0.2) is 5.85 Å². The molecule has 0 aliphatic carbocycles. The van der Waals surface area contributed by atoms with Gasteiger partial charge in [0.05, 0.1) is 0 Å². The van der Waals surface area contributed by atoms with Crippen LogP contribution in [0.1, 0.15) is 32.6 Å². The Kier molecular flexibility index (Phi) is 4.93. The summed E-state index contributed by atoms with van der Waals surface area (Å²) in [6, 6.07) is 0. The van der Waals surface area contributed by atoms with E-state index in [4.69, 9.17) is 14.9 Å². The summed E-state index contributed by atoms with van der Waals surface area (Å²) in [5, 5.41) is 8.85. The molecular weight excluding hydrogens is 167 g/mol. The molecule has 0 aliphatic rings. The van der Waals surface area contributed by atoms with E-state index in [1.165, 1.54) is 0 Å².